The van der Waals surface area contributed by atoms with E-state index in [4.69, 9.17) is 23.2 Å². The lowest BCUT2D eigenvalue weighted by Crippen LogP contribution is -2.14. The second-order valence-electron chi connectivity index (χ2n) is 3.69. The van der Waals surface area contributed by atoms with Gasteiger partial charge in [-0.3, -0.25) is 4.79 Å². The fourth-order valence-corrected chi connectivity index (χ4v) is 3.46. The topological polar surface area (TPSA) is 42.0 Å². The van der Waals surface area contributed by atoms with Gasteiger partial charge in [-0.05, 0) is 19.1 Å². The molecule has 0 radical (unpaired) electrons. The van der Waals surface area contributed by atoms with Gasteiger partial charge in [-0.15, -0.1) is 11.3 Å². The van der Waals surface area contributed by atoms with E-state index in [9.17, 15) is 4.79 Å². The second kappa shape index (κ2) is 6.61. The summed E-state index contributed by atoms with van der Waals surface area (Å²) in [4.78, 5) is 16.1. The van der Waals surface area contributed by atoms with Gasteiger partial charge in [0.1, 0.15) is 0 Å². The minimum atomic E-state index is -0.159. The number of benzene rings is 1. The number of aryl methyl sites for hydroxylation is 1. The third-order valence-electron chi connectivity index (χ3n) is 2.15. The van der Waals surface area contributed by atoms with Crippen LogP contribution in [0, 0.1) is 6.92 Å². The molecule has 3 nitrogen and oxygen atoms in total. The second-order valence-corrected chi connectivity index (χ2v) is 6.58. The van der Waals surface area contributed by atoms with E-state index < -0.39 is 0 Å². The van der Waals surface area contributed by atoms with Gasteiger partial charge in [0.2, 0.25) is 5.91 Å². The summed E-state index contributed by atoms with van der Waals surface area (Å²) in [5.74, 6) is 0.113. The Morgan fingerprint density at radius 1 is 1.42 bits per heavy atom. The summed E-state index contributed by atoms with van der Waals surface area (Å²) in [5, 5.41) is 5.51. The molecular formula is C12H10Cl2N2OS2. The van der Waals surface area contributed by atoms with Crippen LogP contribution < -0.4 is 5.32 Å². The molecule has 7 heteroatoms. The first-order valence-corrected chi connectivity index (χ1v) is 7.97. The summed E-state index contributed by atoms with van der Waals surface area (Å²) in [7, 11) is 0. The van der Waals surface area contributed by atoms with Crippen molar-refractivity contribution in [1.29, 1.82) is 0 Å². The largest absolute Gasteiger partial charge is 0.323 e. The highest BCUT2D eigenvalue weighted by molar-refractivity contribution is 8.01. The van der Waals surface area contributed by atoms with Crippen LogP contribution in [0.2, 0.25) is 10.0 Å². The lowest BCUT2D eigenvalue weighted by atomic mass is 10.3. The molecule has 1 amide bonds. The van der Waals surface area contributed by atoms with Crippen LogP contribution in [0.5, 0.6) is 0 Å². The number of thioether (sulfide) groups is 1. The van der Waals surface area contributed by atoms with E-state index in [1.54, 1.807) is 18.2 Å². The number of aromatic nitrogens is 1. The van der Waals surface area contributed by atoms with Crippen LogP contribution in [0.25, 0.3) is 0 Å². The Labute approximate surface area is 129 Å². The molecule has 1 aromatic heterocycles. The molecule has 0 bridgehead atoms. The zero-order chi connectivity index (χ0) is 13.8. The smallest absolute Gasteiger partial charge is 0.234 e. The fraction of sp³-hybridized carbons (Fsp3) is 0.167. The summed E-state index contributed by atoms with van der Waals surface area (Å²) < 4.78 is 0.873. The zero-order valence-electron chi connectivity index (χ0n) is 9.94. The highest BCUT2D eigenvalue weighted by Crippen LogP contribution is 2.30. The van der Waals surface area contributed by atoms with Crippen molar-refractivity contribution in [3.63, 3.8) is 0 Å². The summed E-state index contributed by atoms with van der Waals surface area (Å²) in [6.45, 7) is 1.92. The predicted molar refractivity (Wildman–Crippen MR) is 82.7 cm³/mol. The molecule has 1 heterocycles. The molecule has 100 valence electrons. The Hall–Kier alpha value is -0.750. The number of nitrogens with one attached hydrogen (secondary N) is 1. The zero-order valence-corrected chi connectivity index (χ0v) is 13.1. The van der Waals surface area contributed by atoms with Crippen molar-refractivity contribution >= 4 is 57.9 Å². The number of carbonyl (C=O) groups is 1. The Kier molecular flexibility index (Phi) is 5.10. The monoisotopic (exact) mass is 332 g/mol. The SMILES string of the molecule is Cc1csc(SCC(=O)Nc2c(Cl)cccc2Cl)n1. The first-order chi connectivity index (χ1) is 9.06. The van der Waals surface area contributed by atoms with Crippen molar-refractivity contribution in [1.82, 2.24) is 4.98 Å². The molecule has 1 aromatic carbocycles. The Morgan fingerprint density at radius 2 is 2.11 bits per heavy atom. The van der Waals surface area contributed by atoms with Gasteiger partial charge in [0.05, 0.1) is 21.5 Å². The van der Waals surface area contributed by atoms with Crippen molar-refractivity contribution in [3.05, 3.63) is 39.3 Å². The molecule has 19 heavy (non-hydrogen) atoms. The fourth-order valence-electron chi connectivity index (χ4n) is 1.32. The number of amides is 1. The summed E-state index contributed by atoms with van der Waals surface area (Å²) in [6.07, 6.45) is 0. The van der Waals surface area contributed by atoms with E-state index in [2.05, 4.69) is 10.3 Å². The number of rotatable bonds is 4. The van der Waals surface area contributed by atoms with Gasteiger partial charge in [0.25, 0.3) is 0 Å². The van der Waals surface area contributed by atoms with Crippen LogP contribution >= 0.6 is 46.3 Å². The maximum atomic E-state index is 11.8. The van der Waals surface area contributed by atoms with Crippen LogP contribution in [0.4, 0.5) is 5.69 Å². The number of hydrogen-bond donors (Lipinski definition) is 1. The average molecular weight is 333 g/mol. The van der Waals surface area contributed by atoms with Gasteiger partial charge in [0.15, 0.2) is 4.34 Å². The number of para-hydroxylation sites is 1. The lowest BCUT2D eigenvalue weighted by molar-refractivity contribution is -0.113. The number of carbonyl (C=O) groups excluding carboxylic acids is 1. The van der Waals surface area contributed by atoms with Crippen molar-refractivity contribution in [2.75, 3.05) is 11.1 Å². The maximum absolute atomic E-state index is 11.8. The Balaban J connectivity index is 1.94. The molecule has 0 fully saturated rings. The number of anilines is 1. The van der Waals surface area contributed by atoms with Gasteiger partial charge >= 0.3 is 0 Å². The van der Waals surface area contributed by atoms with Crippen molar-refractivity contribution in [2.24, 2.45) is 0 Å². The predicted octanol–water partition coefficient (Wildman–Crippen LogP) is 4.49. The molecule has 0 saturated heterocycles. The lowest BCUT2D eigenvalue weighted by Gasteiger charge is -2.08. The van der Waals surface area contributed by atoms with Crippen LogP contribution in [-0.4, -0.2) is 16.6 Å². The highest BCUT2D eigenvalue weighted by atomic mass is 35.5. The van der Waals surface area contributed by atoms with Gasteiger partial charge in [0, 0.05) is 11.1 Å². The molecule has 0 aliphatic heterocycles. The van der Waals surface area contributed by atoms with Gasteiger partial charge < -0.3 is 5.32 Å². The van der Waals surface area contributed by atoms with Crippen molar-refractivity contribution in [2.45, 2.75) is 11.3 Å². The molecular weight excluding hydrogens is 323 g/mol. The van der Waals surface area contributed by atoms with E-state index in [1.165, 1.54) is 23.1 Å². The third-order valence-corrected chi connectivity index (χ3v) is 4.92. The summed E-state index contributed by atoms with van der Waals surface area (Å²) in [5.41, 5.74) is 1.41. The van der Waals surface area contributed by atoms with Crippen LogP contribution in [0.15, 0.2) is 27.9 Å². The standard InChI is InChI=1S/C12H10Cl2N2OS2/c1-7-5-18-12(15-7)19-6-10(17)16-11-8(13)3-2-4-9(11)14/h2-5H,6H2,1H3,(H,16,17). The van der Waals surface area contributed by atoms with Crippen LogP contribution in [0.3, 0.4) is 0 Å². The molecule has 0 spiro atoms. The number of halogens is 2. The molecule has 0 unspecified atom stereocenters. The molecule has 0 aliphatic rings. The summed E-state index contributed by atoms with van der Waals surface area (Å²) >= 11 is 14.9. The molecule has 0 saturated carbocycles. The Bertz CT molecular complexity index is 581. The van der Waals surface area contributed by atoms with E-state index >= 15 is 0 Å². The number of hydrogen-bond acceptors (Lipinski definition) is 4. The molecule has 2 aromatic rings. The highest BCUT2D eigenvalue weighted by Gasteiger charge is 2.10. The minimum absolute atomic E-state index is 0.159. The maximum Gasteiger partial charge on any atom is 0.234 e. The van der Waals surface area contributed by atoms with Gasteiger partial charge in [-0.2, -0.15) is 0 Å². The van der Waals surface area contributed by atoms with E-state index in [0.717, 1.165) is 10.0 Å². The van der Waals surface area contributed by atoms with Crippen LogP contribution in [0.1, 0.15) is 5.69 Å². The Morgan fingerprint density at radius 3 is 2.68 bits per heavy atom. The summed E-state index contributed by atoms with van der Waals surface area (Å²) in [6, 6.07) is 5.09. The van der Waals surface area contributed by atoms with E-state index in [0.29, 0.717) is 15.7 Å². The van der Waals surface area contributed by atoms with Gasteiger partial charge in [-0.25, -0.2) is 4.98 Å². The first-order valence-electron chi connectivity index (χ1n) is 5.35. The third kappa shape index (κ3) is 4.11. The van der Waals surface area contributed by atoms with Crippen molar-refractivity contribution in [3.8, 4) is 0 Å². The first kappa shape index (κ1) is 14.7. The van der Waals surface area contributed by atoms with Crippen LogP contribution in [-0.2, 0) is 4.79 Å². The van der Waals surface area contributed by atoms with E-state index in [-0.39, 0.29) is 11.7 Å². The minimum Gasteiger partial charge on any atom is -0.323 e. The molecule has 2 rings (SSSR count). The number of nitrogens with zero attached hydrogens (tertiary/aromatic N) is 1. The van der Waals surface area contributed by atoms with Crippen molar-refractivity contribution < 1.29 is 4.79 Å². The molecule has 0 atom stereocenters. The normalized spacial score (nSPS) is 10.5. The average Bonchev–Trinajstić information content (AvgIpc) is 2.77. The van der Waals surface area contributed by atoms with E-state index in [1.807, 2.05) is 12.3 Å². The quantitative estimate of drug-likeness (QED) is 0.838. The van der Waals surface area contributed by atoms with Gasteiger partial charge in [-0.1, -0.05) is 41.0 Å². The number of thiazole rings is 1. The molecule has 1 N–H and O–H groups in total. The molecule has 0 aliphatic carbocycles.